The highest BCUT2D eigenvalue weighted by molar-refractivity contribution is 9.10. The number of rotatable bonds is 4. The Morgan fingerprint density at radius 1 is 1.06 bits per heavy atom. The number of pyridine rings is 1. The fourth-order valence-electron chi connectivity index (χ4n) is 4.29. The molecular formula is C27H20BrF3N4O. The van der Waals surface area contributed by atoms with E-state index in [1.54, 1.807) is 6.07 Å². The molecule has 0 spiro atoms. The van der Waals surface area contributed by atoms with Crippen molar-refractivity contribution >= 4 is 49.8 Å². The molecule has 0 radical (unpaired) electrons. The molecule has 0 saturated carbocycles. The van der Waals surface area contributed by atoms with Crippen molar-refractivity contribution in [2.45, 2.75) is 25.6 Å². The molecule has 182 valence electrons. The van der Waals surface area contributed by atoms with Crippen molar-refractivity contribution < 1.29 is 18.0 Å². The summed E-state index contributed by atoms with van der Waals surface area (Å²) in [5, 5.41) is 9.96. The Hall–Kier alpha value is -3.72. The molecule has 5 nitrogen and oxygen atoms in total. The summed E-state index contributed by atoms with van der Waals surface area (Å²) >= 11 is 3.43. The number of fused-ring (bicyclic) bond motifs is 1. The van der Waals surface area contributed by atoms with E-state index in [9.17, 15) is 18.0 Å². The molecule has 1 atom stereocenters. The number of nitrogens with one attached hydrogen (secondary N) is 1. The molecule has 1 aromatic heterocycles. The Balaban J connectivity index is 1.43. The molecule has 3 aromatic carbocycles. The van der Waals surface area contributed by atoms with E-state index in [1.807, 2.05) is 48.5 Å². The molecule has 0 aliphatic carbocycles. The summed E-state index contributed by atoms with van der Waals surface area (Å²) in [5.74, 6) is -0.161. The number of halogens is 4. The molecule has 1 unspecified atom stereocenters. The average molecular weight is 553 g/mol. The zero-order valence-electron chi connectivity index (χ0n) is 19.1. The summed E-state index contributed by atoms with van der Waals surface area (Å²) in [6.07, 6.45) is -2.40. The van der Waals surface area contributed by atoms with Crippen molar-refractivity contribution in [3.05, 3.63) is 100 Å². The lowest BCUT2D eigenvalue weighted by Gasteiger charge is -2.21. The van der Waals surface area contributed by atoms with Crippen molar-refractivity contribution in [2.75, 3.05) is 5.32 Å². The highest BCUT2D eigenvalue weighted by atomic mass is 79.9. The molecule has 36 heavy (non-hydrogen) atoms. The van der Waals surface area contributed by atoms with Gasteiger partial charge in [0.25, 0.3) is 0 Å². The SMILES string of the molecule is CC(=O)N1N=C(c2ccc(Br)cc2)CC1c1cccc(Nc2ccnc3cc(C(F)(F)F)ccc23)c1. The third-order valence-electron chi connectivity index (χ3n) is 6.03. The van der Waals surface area contributed by atoms with E-state index in [0.717, 1.165) is 39.1 Å². The summed E-state index contributed by atoms with van der Waals surface area (Å²) in [4.78, 5) is 16.5. The lowest BCUT2D eigenvalue weighted by atomic mass is 9.98. The highest BCUT2D eigenvalue weighted by Crippen LogP contribution is 2.36. The van der Waals surface area contributed by atoms with Gasteiger partial charge in [0.1, 0.15) is 0 Å². The van der Waals surface area contributed by atoms with E-state index in [1.165, 1.54) is 24.2 Å². The monoisotopic (exact) mass is 552 g/mol. The number of aromatic nitrogens is 1. The van der Waals surface area contributed by atoms with Gasteiger partial charge in [-0.05, 0) is 53.6 Å². The van der Waals surface area contributed by atoms with Crippen molar-refractivity contribution in [1.82, 2.24) is 9.99 Å². The first kappa shape index (κ1) is 24.0. The van der Waals surface area contributed by atoms with Gasteiger partial charge in [0.2, 0.25) is 5.91 Å². The smallest absolute Gasteiger partial charge is 0.355 e. The topological polar surface area (TPSA) is 57.6 Å². The number of hydrazone groups is 1. The Labute approximate surface area is 213 Å². The Bertz CT molecular complexity index is 1480. The van der Waals surface area contributed by atoms with Crippen LogP contribution in [-0.2, 0) is 11.0 Å². The molecule has 0 fully saturated rings. The minimum Gasteiger partial charge on any atom is -0.355 e. The standard InChI is InChI=1S/C27H20BrF3N4O/c1-16(36)35-26(15-24(34-35)17-5-8-20(28)9-6-17)18-3-2-4-21(13-18)33-23-11-12-32-25-14-19(27(29,30)31)7-10-22(23)25/h2-14,26H,15H2,1H3,(H,32,33). The number of hydrogen-bond donors (Lipinski definition) is 1. The molecule has 4 aromatic rings. The van der Waals surface area contributed by atoms with Gasteiger partial charge in [0.15, 0.2) is 0 Å². The van der Waals surface area contributed by atoms with Gasteiger partial charge in [-0.1, -0.05) is 46.3 Å². The van der Waals surface area contributed by atoms with Crippen LogP contribution in [0.3, 0.4) is 0 Å². The minimum absolute atomic E-state index is 0.161. The van der Waals surface area contributed by atoms with Crippen molar-refractivity contribution in [1.29, 1.82) is 0 Å². The van der Waals surface area contributed by atoms with Gasteiger partial charge >= 0.3 is 6.18 Å². The van der Waals surface area contributed by atoms with Crippen molar-refractivity contribution in [3.8, 4) is 0 Å². The summed E-state index contributed by atoms with van der Waals surface area (Å²) in [5.41, 5.74) is 3.53. The molecule has 2 heterocycles. The fourth-order valence-corrected chi connectivity index (χ4v) is 4.55. The molecule has 1 aliphatic heterocycles. The van der Waals surface area contributed by atoms with Crippen LogP contribution in [0.5, 0.6) is 0 Å². The molecule has 1 amide bonds. The zero-order chi connectivity index (χ0) is 25.4. The predicted octanol–water partition coefficient (Wildman–Crippen LogP) is 7.46. The third kappa shape index (κ3) is 4.83. The van der Waals surface area contributed by atoms with Crippen LogP contribution in [0, 0.1) is 0 Å². The largest absolute Gasteiger partial charge is 0.416 e. The zero-order valence-corrected chi connectivity index (χ0v) is 20.6. The lowest BCUT2D eigenvalue weighted by Crippen LogP contribution is -2.24. The van der Waals surface area contributed by atoms with Crippen LogP contribution in [0.25, 0.3) is 10.9 Å². The first-order chi connectivity index (χ1) is 17.2. The molecule has 0 saturated heterocycles. The summed E-state index contributed by atoms with van der Waals surface area (Å²) in [7, 11) is 0. The highest BCUT2D eigenvalue weighted by Gasteiger charge is 2.32. The maximum absolute atomic E-state index is 13.1. The number of hydrogen-bond acceptors (Lipinski definition) is 4. The number of alkyl halides is 3. The predicted molar refractivity (Wildman–Crippen MR) is 137 cm³/mol. The first-order valence-electron chi connectivity index (χ1n) is 11.2. The van der Waals surface area contributed by atoms with Crippen LogP contribution in [0.1, 0.15) is 36.1 Å². The summed E-state index contributed by atoms with van der Waals surface area (Å²) < 4.78 is 40.3. The van der Waals surface area contributed by atoms with Gasteiger partial charge in [-0.15, -0.1) is 0 Å². The van der Waals surface area contributed by atoms with Crippen LogP contribution in [0.4, 0.5) is 24.5 Å². The second-order valence-corrected chi connectivity index (χ2v) is 9.39. The number of amides is 1. The number of carbonyl (C=O) groups is 1. The lowest BCUT2D eigenvalue weighted by molar-refractivity contribution is -0.137. The van der Waals surface area contributed by atoms with Crippen LogP contribution >= 0.6 is 15.9 Å². The van der Waals surface area contributed by atoms with Gasteiger partial charge in [-0.3, -0.25) is 9.78 Å². The Morgan fingerprint density at radius 3 is 2.56 bits per heavy atom. The van der Waals surface area contributed by atoms with E-state index >= 15 is 0 Å². The van der Waals surface area contributed by atoms with Crippen LogP contribution < -0.4 is 5.32 Å². The van der Waals surface area contributed by atoms with Gasteiger partial charge in [-0.2, -0.15) is 18.3 Å². The summed E-state index contributed by atoms with van der Waals surface area (Å²) in [6.45, 7) is 1.49. The van der Waals surface area contributed by atoms with E-state index in [-0.39, 0.29) is 17.5 Å². The Morgan fingerprint density at radius 2 is 1.83 bits per heavy atom. The molecule has 1 aliphatic rings. The Kier molecular flexibility index (Phi) is 6.26. The van der Waals surface area contributed by atoms with Gasteiger partial charge < -0.3 is 5.32 Å². The normalized spacial score (nSPS) is 15.8. The fraction of sp³-hybridized carbons (Fsp3) is 0.148. The molecular weight excluding hydrogens is 533 g/mol. The molecule has 5 rings (SSSR count). The second-order valence-electron chi connectivity index (χ2n) is 8.48. The second kappa shape index (κ2) is 9.39. The number of anilines is 2. The number of benzene rings is 3. The molecule has 0 bridgehead atoms. The maximum atomic E-state index is 13.1. The summed E-state index contributed by atoms with van der Waals surface area (Å²) in [6, 6.07) is 20.3. The quantitative estimate of drug-likeness (QED) is 0.286. The van der Waals surface area contributed by atoms with E-state index in [0.29, 0.717) is 17.5 Å². The van der Waals surface area contributed by atoms with Gasteiger partial charge in [0.05, 0.1) is 22.8 Å². The van der Waals surface area contributed by atoms with Crippen LogP contribution in [-0.4, -0.2) is 21.6 Å². The number of nitrogens with zero attached hydrogens (tertiary/aromatic N) is 3. The van der Waals surface area contributed by atoms with Crippen molar-refractivity contribution in [2.24, 2.45) is 5.10 Å². The maximum Gasteiger partial charge on any atom is 0.416 e. The minimum atomic E-state index is -4.44. The molecule has 1 N–H and O–H groups in total. The van der Waals surface area contributed by atoms with E-state index < -0.39 is 11.7 Å². The third-order valence-corrected chi connectivity index (χ3v) is 6.56. The van der Waals surface area contributed by atoms with Crippen LogP contribution in [0.2, 0.25) is 0 Å². The van der Waals surface area contributed by atoms with Gasteiger partial charge in [0, 0.05) is 40.8 Å². The number of carbonyl (C=O) groups excluding carboxylic acids is 1. The van der Waals surface area contributed by atoms with Crippen molar-refractivity contribution in [3.63, 3.8) is 0 Å². The molecule has 9 heteroatoms. The average Bonchev–Trinajstić information content (AvgIpc) is 3.30. The van der Waals surface area contributed by atoms with E-state index in [2.05, 4.69) is 31.3 Å². The van der Waals surface area contributed by atoms with Crippen LogP contribution in [0.15, 0.2) is 88.6 Å². The van der Waals surface area contributed by atoms with Gasteiger partial charge in [-0.25, -0.2) is 5.01 Å². The van der Waals surface area contributed by atoms with E-state index in [4.69, 9.17) is 0 Å². The first-order valence-corrected chi connectivity index (χ1v) is 11.9.